The van der Waals surface area contributed by atoms with Gasteiger partial charge < -0.3 is 10.1 Å². The van der Waals surface area contributed by atoms with Crippen LogP contribution in [0.25, 0.3) is 0 Å². The van der Waals surface area contributed by atoms with E-state index in [0.29, 0.717) is 10.2 Å². The fourth-order valence-electron chi connectivity index (χ4n) is 1.72. The normalized spacial score (nSPS) is 10.5. The Hall–Kier alpha value is -2.09. The predicted molar refractivity (Wildman–Crippen MR) is 79.3 cm³/mol. The van der Waals surface area contributed by atoms with Crippen LogP contribution in [0.4, 0.5) is 23.2 Å². The van der Waals surface area contributed by atoms with Crippen LogP contribution in [0.1, 0.15) is 5.56 Å². The number of aryl methyl sites for hydroxylation is 1. The molecule has 8 heteroatoms. The van der Waals surface area contributed by atoms with Crippen LogP contribution in [0.15, 0.2) is 28.7 Å². The van der Waals surface area contributed by atoms with Crippen LogP contribution in [0, 0.1) is 30.2 Å². The van der Waals surface area contributed by atoms with Crippen LogP contribution in [0.5, 0.6) is 5.75 Å². The predicted octanol–water partition coefficient (Wildman–Crippen LogP) is 4.33. The van der Waals surface area contributed by atoms with Gasteiger partial charge in [0.05, 0.1) is 5.69 Å². The first-order valence-electron chi connectivity index (χ1n) is 6.31. The van der Waals surface area contributed by atoms with E-state index >= 15 is 0 Å². The molecule has 122 valence electrons. The summed E-state index contributed by atoms with van der Waals surface area (Å²) in [6.45, 7) is 1.03. The molecule has 0 heterocycles. The summed E-state index contributed by atoms with van der Waals surface area (Å²) in [6.07, 6.45) is 0. The summed E-state index contributed by atoms with van der Waals surface area (Å²) in [6, 6.07) is 5.15. The minimum atomic E-state index is -1.70. The molecule has 0 saturated heterocycles. The van der Waals surface area contributed by atoms with E-state index in [2.05, 4.69) is 26.0 Å². The molecule has 1 N–H and O–H groups in total. The van der Waals surface area contributed by atoms with Gasteiger partial charge in [-0.05, 0) is 40.5 Å². The smallest absolute Gasteiger partial charge is 0.262 e. The number of halogens is 5. The lowest BCUT2D eigenvalue weighted by atomic mass is 10.2. The monoisotopic (exact) mass is 391 g/mol. The third-order valence-corrected chi connectivity index (χ3v) is 3.47. The van der Waals surface area contributed by atoms with Crippen LogP contribution in [0.3, 0.4) is 0 Å². The molecule has 3 nitrogen and oxygen atoms in total. The fourth-order valence-corrected chi connectivity index (χ4v) is 2.32. The van der Waals surface area contributed by atoms with Crippen molar-refractivity contribution in [3.63, 3.8) is 0 Å². The Labute approximate surface area is 137 Å². The third-order valence-electron chi connectivity index (χ3n) is 2.82. The largest absolute Gasteiger partial charge is 0.477 e. The quantitative estimate of drug-likeness (QED) is 0.622. The maximum atomic E-state index is 13.4. The van der Waals surface area contributed by atoms with Gasteiger partial charge in [-0.3, -0.25) is 4.79 Å². The van der Waals surface area contributed by atoms with Crippen molar-refractivity contribution >= 4 is 27.5 Å². The second-order valence-corrected chi connectivity index (χ2v) is 5.47. The molecule has 2 rings (SSSR count). The maximum Gasteiger partial charge on any atom is 0.262 e. The van der Waals surface area contributed by atoms with Crippen LogP contribution < -0.4 is 10.1 Å². The minimum Gasteiger partial charge on any atom is -0.477 e. The summed E-state index contributed by atoms with van der Waals surface area (Å²) >= 11 is 3.24. The van der Waals surface area contributed by atoms with Crippen LogP contribution in [-0.2, 0) is 4.79 Å². The number of hydrogen-bond donors (Lipinski definition) is 1. The summed E-state index contributed by atoms with van der Waals surface area (Å²) in [7, 11) is 0. The van der Waals surface area contributed by atoms with Gasteiger partial charge in [0, 0.05) is 10.5 Å². The standard InChI is InChI=1S/C15H10BrF4NO2/c1-7-2-3-11(8(16)4-7)21-12(22)6-23-15-13(19)9(17)5-10(18)14(15)20/h2-5H,6H2,1H3,(H,21,22). The van der Waals surface area contributed by atoms with Gasteiger partial charge in [-0.2, -0.15) is 8.78 Å². The first-order valence-corrected chi connectivity index (χ1v) is 7.10. The van der Waals surface area contributed by atoms with Crippen LogP contribution in [-0.4, -0.2) is 12.5 Å². The maximum absolute atomic E-state index is 13.4. The number of ether oxygens (including phenoxy) is 1. The van der Waals surface area contributed by atoms with E-state index in [9.17, 15) is 22.4 Å². The highest BCUT2D eigenvalue weighted by Gasteiger charge is 2.21. The molecule has 0 bridgehead atoms. The Morgan fingerprint density at radius 3 is 2.30 bits per heavy atom. The Bertz CT molecular complexity index is 741. The Balaban J connectivity index is 2.08. The SMILES string of the molecule is Cc1ccc(NC(=O)COc2c(F)c(F)cc(F)c2F)c(Br)c1. The Morgan fingerprint density at radius 2 is 1.74 bits per heavy atom. The second kappa shape index (κ2) is 6.99. The second-order valence-electron chi connectivity index (χ2n) is 4.62. The number of carbonyl (C=O) groups is 1. The zero-order valence-electron chi connectivity index (χ0n) is 11.7. The van der Waals surface area contributed by atoms with E-state index < -0.39 is 41.5 Å². The first kappa shape index (κ1) is 17.3. The highest BCUT2D eigenvalue weighted by atomic mass is 79.9. The molecule has 0 aromatic heterocycles. The van der Waals surface area contributed by atoms with Gasteiger partial charge in [-0.15, -0.1) is 0 Å². The molecule has 2 aromatic rings. The first-order chi connectivity index (χ1) is 10.8. The van der Waals surface area contributed by atoms with Crippen molar-refractivity contribution in [1.29, 1.82) is 0 Å². The molecule has 0 unspecified atom stereocenters. The molecule has 0 atom stereocenters. The lowest BCUT2D eigenvalue weighted by Gasteiger charge is -2.11. The highest BCUT2D eigenvalue weighted by Crippen LogP contribution is 2.27. The molecule has 1 amide bonds. The molecule has 0 aliphatic heterocycles. The van der Waals surface area contributed by atoms with E-state index in [4.69, 9.17) is 0 Å². The summed E-state index contributed by atoms with van der Waals surface area (Å²) < 4.78 is 58.0. The topological polar surface area (TPSA) is 38.3 Å². The Kier molecular flexibility index (Phi) is 5.25. The third kappa shape index (κ3) is 4.01. The number of nitrogens with one attached hydrogen (secondary N) is 1. The van der Waals surface area contributed by atoms with Crippen LogP contribution in [0.2, 0.25) is 0 Å². The van der Waals surface area contributed by atoms with Crippen molar-refractivity contribution in [3.8, 4) is 5.75 Å². The lowest BCUT2D eigenvalue weighted by Crippen LogP contribution is -2.21. The minimum absolute atomic E-state index is 0.0566. The summed E-state index contributed by atoms with van der Waals surface area (Å²) in [5, 5.41) is 2.43. The van der Waals surface area contributed by atoms with E-state index in [1.165, 1.54) is 0 Å². The van der Waals surface area contributed by atoms with E-state index in [1.807, 2.05) is 6.92 Å². The van der Waals surface area contributed by atoms with Gasteiger partial charge in [0.15, 0.2) is 24.0 Å². The number of benzene rings is 2. The number of carbonyl (C=O) groups excluding carboxylic acids is 1. The van der Waals surface area contributed by atoms with E-state index in [1.54, 1.807) is 18.2 Å². The molecular weight excluding hydrogens is 382 g/mol. The van der Waals surface area contributed by atoms with E-state index in [0.717, 1.165) is 5.56 Å². The number of amides is 1. The number of hydrogen-bond acceptors (Lipinski definition) is 2. The average Bonchev–Trinajstić information content (AvgIpc) is 2.48. The molecule has 0 aliphatic carbocycles. The molecule has 0 spiro atoms. The summed E-state index contributed by atoms with van der Waals surface area (Å²) in [4.78, 5) is 11.7. The van der Waals surface area contributed by atoms with Crippen molar-refractivity contribution < 1.29 is 27.1 Å². The van der Waals surface area contributed by atoms with Gasteiger partial charge in [-0.25, -0.2) is 8.78 Å². The van der Waals surface area contributed by atoms with Crippen molar-refractivity contribution in [2.45, 2.75) is 6.92 Å². The number of rotatable bonds is 4. The van der Waals surface area contributed by atoms with Crippen molar-refractivity contribution in [3.05, 3.63) is 57.6 Å². The molecule has 23 heavy (non-hydrogen) atoms. The molecule has 0 radical (unpaired) electrons. The van der Waals surface area contributed by atoms with Gasteiger partial charge in [0.1, 0.15) is 0 Å². The van der Waals surface area contributed by atoms with E-state index in [-0.39, 0.29) is 6.07 Å². The van der Waals surface area contributed by atoms with Crippen LogP contribution >= 0.6 is 15.9 Å². The van der Waals surface area contributed by atoms with Crippen molar-refractivity contribution in [2.75, 3.05) is 11.9 Å². The molecule has 0 fully saturated rings. The van der Waals surface area contributed by atoms with Crippen molar-refractivity contribution in [1.82, 2.24) is 0 Å². The summed E-state index contributed by atoms with van der Waals surface area (Å²) in [5.74, 6) is -8.65. The highest BCUT2D eigenvalue weighted by molar-refractivity contribution is 9.10. The summed E-state index contributed by atoms with van der Waals surface area (Å²) in [5.41, 5.74) is 1.36. The zero-order chi connectivity index (χ0) is 17.1. The number of anilines is 1. The lowest BCUT2D eigenvalue weighted by molar-refractivity contribution is -0.118. The molecule has 2 aromatic carbocycles. The fraction of sp³-hybridized carbons (Fsp3) is 0.133. The Morgan fingerprint density at radius 1 is 1.13 bits per heavy atom. The molecule has 0 saturated carbocycles. The zero-order valence-corrected chi connectivity index (χ0v) is 13.3. The van der Waals surface area contributed by atoms with Gasteiger partial charge in [-0.1, -0.05) is 6.07 Å². The average molecular weight is 392 g/mol. The van der Waals surface area contributed by atoms with Gasteiger partial charge in [0.25, 0.3) is 5.91 Å². The van der Waals surface area contributed by atoms with Gasteiger partial charge >= 0.3 is 0 Å². The molecule has 0 aliphatic rings. The van der Waals surface area contributed by atoms with Crippen molar-refractivity contribution in [2.24, 2.45) is 0 Å². The molecular formula is C15H10BrF4NO2. The van der Waals surface area contributed by atoms with Gasteiger partial charge in [0.2, 0.25) is 11.6 Å².